The Balaban J connectivity index is 0.661. The third-order valence-electron chi connectivity index (χ3n) is 14.6. The van der Waals surface area contributed by atoms with Crippen molar-refractivity contribution in [3.05, 3.63) is 89.5 Å². The molecule has 7 heterocycles. The number of carbonyl (C=O) groups is 5. The molecule has 4 fully saturated rings. The van der Waals surface area contributed by atoms with Crippen LogP contribution in [0.4, 0.5) is 11.5 Å². The Kier molecular flexibility index (Phi) is 12.1. The number of nitrogens with one attached hydrogen (secondary N) is 2. The van der Waals surface area contributed by atoms with Gasteiger partial charge in [0.05, 0.1) is 17.2 Å². The molecule has 4 aromatic rings. The second-order valence-corrected chi connectivity index (χ2v) is 18.5. The standard InChI is InChI=1S/C49H58N10O6/c50-45(61)43-44(34-6-9-37(10-7-34)65-36-4-2-1-3-5-36)53-59-40(14-19-51-46(43)59)33-17-22-56(23-18-33)31-32-15-20-54(21-16-32)24-25-55-26-28-57(29-27-55)35-8-11-38-39(30-35)49(64)58(48(38)63)41-12-13-42(60)52-47(41)62/h1-11,30,32-33,40-41,51H,12-29,31H2,(H2,50,61)(H,52,60,62)/t40-,41?/m0/s1. The molecule has 2 atom stereocenters. The van der Waals surface area contributed by atoms with E-state index < -0.39 is 29.7 Å². The quantitative estimate of drug-likeness (QED) is 0.171. The van der Waals surface area contributed by atoms with Gasteiger partial charge in [0, 0.05) is 70.0 Å². The van der Waals surface area contributed by atoms with Gasteiger partial charge in [0.2, 0.25) is 11.8 Å². The smallest absolute Gasteiger partial charge is 0.262 e. The van der Waals surface area contributed by atoms with Gasteiger partial charge in [-0.05, 0) is 131 Å². The van der Waals surface area contributed by atoms with E-state index in [0.717, 1.165) is 126 Å². The van der Waals surface area contributed by atoms with Crippen molar-refractivity contribution in [3.63, 3.8) is 0 Å². The number of piperazine rings is 1. The van der Waals surface area contributed by atoms with Crippen LogP contribution in [0, 0.1) is 11.8 Å². The summed E-state index contributed by atoms with van der Waals surface area (Å²) < 4.78 is 8.06. The summed E-state index contributed by atoms with van der Waals surface area (Å²) in [6.45, 7) is 11.9. The number of piperidine rings is 3. The fourth-order valence-electron chi connectivity index (χ4n) is 10.9. The summed E-state index contributed by atoms with van der Waals surface area (Å²) in [7, 11) is 0. The van der Waals surface area contributed by atoms with E-state index in [9.17, 15) is 24.0 Å². The van der Waals surface area contributed by atoms with Gasteiger partial charge in [0.25, 0.3) is 17.7 Å². The van der Waals surface area contributed by atoms with Crippen LogP contribution in [0.2, 0.25) is 0 Å². The second kappa shape index (κ2) is 18.4. The summed E-state index contributed by atoms with van der Waals surface area (Å²) >= 11 is 0. The van der Waals surface area contributed by atoms with E-state index in [4.69, 9.17) is 15.6 Å². The maximum atomic E-state index is 13.4. The number of fused-ring (bicyclic) bond motifs is 2. The van der Waals surface area contributed by atoms with E-state index >= 15 is 0 Å². The third-order valence-corrected chi connectivity index (χ3v) is 14.6. The SMILES string of the molecule is NC(=O)c1c(-c2ccc(Oc3ccccc3)cc2)nn2c1NCC[C@H]2C1CCN(CC2CCN(CCN3CCN(c4ccc5c(c4)C(=O)N(C4CCC(=O)NC4=O)C5=O)CC3)CC2)CC1. The highest BCUT2D eigenvalue weighted by molar-refractivity contribution is 6.23. The van der Waals surface area contributed by atoms with Gasteiger partial charge in [0.15, 0.2) is 0 Å². The zero-order chi connectivity index (χ0) is 44.6. The number of aromatic nitrogens is 2. The minimum atomic E-state index is -0.963. The molecule has 65 heavy (non-hydrogen) atoms. The largest absolute Gasteiger partial charge is 0.457 e. The van der Waals surface area contributed by atoms with Crippen LogP contribution in [0.3, 0.4) is 0 Å². The van der Waals surface area contributed by atoms with Crippen molar-refractivity contribution in [3.8, 4) is 22.8 Å². The van der Waals surface area contributed by atoms with Gasteiger partial charge < -0.3 is 30.5 Å². The third kappa shape index (κ3) is 8.86. The molecule has 0 bridgehead atoms. The Morgan fingerprint density at radius 1 is 0.723 bits per heavy atom. The first-order valence-electron chi connectivity index (χ1n) is 23.4. The number of nitrogens with zero attached hydrogens (tertiary/aromatic N) is 7. The number of ether oxygens (including phenoxy) is 1. The molecule has 1 aromatic heterocycles. The molecule has 0 saturated carbocycles. The molecule has 0 aliphatic carbocycles. The number of amides is 5. The Morgan fingerprint density at radius 3 is 2.11 bits per heavy atom. The lowest BCUT2D eigenvalue weighted by Gasteiger charge is -2.41. The molecular formula is C49H58N10O6. The van der Waals surface area contributed by atoms with Crippen molar-refractivity contribution in [1.29, 1.82) is 0 Å². The summed E-state index contributed by atoms with van der Waals surface area (Å²) in [5.41, 5.74) is 9.44. The van der Waals surface area contributed by atoms with E-state index in [1.807, 2.05) is 60.7 Å². The lowest BCUT2D eigenvalue weighted by molar-refractivity contribution is -0.136. The first-order chi connectivity index (χ1) is 31.7. The Morgan fingerprint density at radius 2 is 1.40 bits per heavy atom. The van der Waals surface area contributed by atoms with Gasteiger partial charge >= 0.3 is 0 Å². The maximum absolute atomic E-state index is 13.4. The number of primary amides is 1. The van der Waals surface area contributed by atoms with Crippen LogP contribution in [-0.4, -0.2) is 143 Å². The zero-order valence-electron chi connectivity index (χ0n) is 36.8. The van der Waals surface area contributed by atoms with Crippen LogP contribution in [0.1, 0.15) is 82.1 Å². The predicted octanol–water partition coefficient (Wildman–Crippen LogP) is 4.45. The van der Waals surface area contributed by atoms with Crippen molar-refractivity contribution >= 4 is 41.0 Å². The van der Waals surface area contributed by atoms with Crippen LogP contribution in [0.15, 0.2) is 72.8 Å². The summed E-state index contributed by atoms with van der Waals surface area (Å²) in [5, 5.41) is 10.8. The van der Waals surface area contributed by atoms with Gasteiger partial charge in [-0.15, -0.1) is 0 Å². The minimum Gasteiger partial charge on any atom is -0.457 e. The first kappa shape index (κ1) is 42.8. The molecule has 10 rings (SSSR count). The lowest BCUT2D eigenvalue weighted by atomic mass is 9.86. The van der Waals surface area contributed by atoms with Gasteiger partial charge in [-0.3, -0.25) is 39.1 Å². The average molecular weight is 883 g/mol. The fourth-order valence-corrected chi connectivity index (χ4v) is 10.9. The van der Waals surface area contributed by atoms with Crippen LogP contribution in [0.5, 0.6) is 11.5 Å². The van der Waals surface area contributed by atoms with Crippen LogP contribution >= 0.6 is 0 Å². The molecule has 1 unspecified atom stereocenters. The van der Waals surface area contributed by atoms with Gasteiger partial charge in [-0.1, -0.05) is 18.2 Å². The number of anilines is 2. The summed E-state index contributed by atoms with van der Waals surface area (Å²) in [6, 6.07) is 22.0. The molecule has 0 radical (unpaired) electrons. The molecule has 5 amide bonds. The monoisotopic (exact) mass is 882 g/mol. The second-order valence-electron chi connectivity index (χ2n) is 18.5. The summed E-state index contributed by atoms with van der Waals surface area (Å²) in [5.74, 6) is 0.990. The first-order valence-corrected chi connectivity index (χ1v) is 23.4. The number of carbonyl (C=O) groups excluding carboxylic acids is 5. The van der Waals surface area contributed by atoms with Gasteiger partial charge in [0.1, 0.15) is 34.6 Å². The normalized spacial score (nSPS) is 22.7. The molecule has 0 spiro atoms. The molecule has 6 aliphatic rings. The number of hydrogen-bond donors (Lipinski definition) is 3. The Labute approximate surface area is 379 Å². The van der Waals surface area contributed by atoms with Crippen LogP contribution in [-0.2, 0) is 9.59 Å². The molecule has 340 valence electrons. The highest BCUT2D eigenvalue weighted by atomic mass is 16.5. The van der Waals surface area contributed by atoms with Crippen molar-refractivity contribution in [2.75, 3.05) is 88.8 Å². The highest BCUT2D eigenvalue weighted by Gasteiger charge is 2.45. The Bertz CT molecular complexity index is 2430. The average Bonchev–Trinajstić information content (AvgIpc) is 3.84. The molecule has 16 nitrogen and oxygen atoms in total. The van der Waals surface area contributed by atoms with Crippen LogP contribution in [0.25, 0.3) is 11.3 Å². The lowest BCUT2D eigenvalue weighted by Crippen LogP contribution is -2.54. The maximum Gasteiger partial charge on any atom is 0.262 e. The summed E-state index contributed by atoms with van der Waals surface area (Å²) in [6.07, 6.45) is 5.86. The van der Waals surface area contributed by atoms with E-state index in [2.05, 4.69) is 34.9 Å². The minimum absolute atomic E-state index is 0.100. The van der Waals surface area contributed by atoms with E-state index in [1.165, 1.54) is 12.8 Å². The number of hydrogen-bond acceptors (Lipinski definition) is 12. The van der Waals surface area contributed by atoms with E-state index in [1.54, 1.807) is 12.1 Å². The summed E-state index contributed by atoms with van der Waals surface area (Å²) in [4.78, 5) is 74.6. The van der Waals surface area contributed by atoms with E-state index in [-0.39, 0.29) is 24.8 Å². The fraction of sp³-hybridized carbons (Fsp3) is 0.469. The molecule has 3 aromatic carbocycles. The van der Waals surface area contributed by atoms with Crippen molar-refractivity contribution in [1.82, 2.24) is 34.7 Å². The van der Waals surface area contributed by atoms with Gasteiger partial charge in [-0.25, -0.2) is 4.68 Å². The van der Waals surface area contributed by atoms with Gasteiger partial charge in [-0.2, -0.15) is 5.10 Å². The number of likely N-dealkylation sites (tertiary alicyclic amines) is 2. The number of imide groups is 2. The molecular weight excluding hydrogens is 825 g/mol. The van der Waals surface area contributed by atoms with Crippen molar-refractivity contribution in [2.45, 2.75) is 57.0 Å². The van der Waals surface area contributed by atoms with Crippen molar-refractivity contribution in [2.24, 2.45) is 17.6 Å². The number of benzene rings is 3. The zero-order valence-corrected chi connectivity index (χ0v) is 36.8. The topological polar surface area (TPSA) is 179 Å². The molecule has 16 heteroatoms. The molecule has 4 N–H and O–H groups in total. The number of para-hydroxylation sites is 1. The predicted molar refractivity (Wildman–Crippen MR) is 245 cm³/mol. The number of nitrogens with two attached hydrogens (primary N) is 1. The van der Waals surface area contributed by atoms with Crippen molar-refractivity contribution < 1.29 is 28.7 Å². The molecule has 4 saturated heterocycles. The Hall–Kier alpha value is -6.10. The number of rotatable bonds is 12. The highest BCUT2D eigenvalue weighted by Crippen LogP contribution is 2.41. The van der Waals surface area contributed by atoms with E-state index in [0.29, 0.717) is 40.0 Å². The van der Waals surface area contributed by atoms with Crippen LogP contribution < -0.4 is 26.0 Å². The molecule has 6 aliphatic heterocycles.